The lowest BCUT2D eigenvalue weighted by atomic mass is 9.77. The molecule has 2 aromatic carbocycles. The van der Waals surface area contributed by atoms with Crippen molar-refractivity contribution in [3.05, 3.63) is 65.7 Å². The largest absolute Gasteiger partial charge is 0.493 e. The highest BCUT2D eigenvalue weighted by molar-refractivity contribution is 5.25. The fourth-order valence-corrected chi connectivity index (χ4v) is 2.28. The second kappa shape index (κ2) is 6.25. The third-order valence-electron chi connectivity index (χ3n) is 3.56. The smallest absolute Gasteiger partial charge is 0.162 e. The molecule has 0 spiro atoms. The van der Waals surface area contributed by atoms with Crippen LogP contribution in [0.15, 0.2) is 48.5 Å². The lowest BCUT2D eigenvalue weighted by Gasteiger charge is -2.31. The Labute approximate surface area is 124 Å². The van der Waals surface area contributed by atoms with E-state index in [0.717, 1.165) is 12.1 Å². The third-order valence-corrected chi connectivity index (χ3v) is 3.56. The van der Waals surface area contributed by atoms with Crippen LogP contribution in [0, 0.1) is 17.0 Å². The van der Waals surface area contributed by atoms with Crippen LogP contribution in [0.25, 0.3) is 0 Å². The van der Waals surface area contributed by atoms with E-state index in [2.05, 4.69) is 32.9 Å². The van der Waals surface area contributed by atoms with Gasteiger partial charge in [-0.1, -0.05) is 51.1 Å². The number of benzene rings is 2. The van der Waals surface area contributed by atoms with Crippen LogP contribution in [0.3, 0.4) is 0 Å². The molecule has 0 fully saturated rings. The average molecular weight is 290 g/mol. The van der Waals surface area contributed by atoms with Gasteiger partial charge in [0.2, 0.25) is 0 Å². The fraction of sp³-hybridized carbons (Fsp3) is 0.333. The van der Waals surface area contributed by atoms with Crippen molar-refractivity contribution >= 4 is 0 Å². The van der Waals surface area contributed by atoms with Crippen LogP contribution in [-0.2, 0) is 0 Å². The summed E-state index contributed by atoms with van der Waals surface area (Å²) in [4.78, 5) is 0. The van der Waals surface area contributed by atoms with Crippen molar-refractivity contribution in [1.82, 2.24) is 0 Å². The number of ether oxygens (including phenoxy) is 1. The Balaban J connectivity index is 2.15. The van der Waals surface area contributed by atoms with Crippen molar-refractivity contribution in [2.75, 3.05) is 6.61 Å². The number of hydrogen-bond acceptors (Lipinski definition) is 1. The highest BCUT2D eigenvalue weighted by Gasteiger charge is 2.27. The van der Waals surface area contributed by atoms with Crippen molar-refractivity contribution in [1.29, 1.82) is 0 Å². The van der Waals surface area contributed by atoms with E-state index in [1.807, 2.05) is 18.2 Å². The van der Waals surface area contributed by atoms with E-state index in [1.165, 1.54) is 11.6 Å². The summed E-state index contributed by atoms with van der Waals surface area (Å²) >= 11 is 0. The zero-order valence-electron chi connectivity index (χ0n) is 12.6. The van der Waals surface area contributed by atoms with Gasteiger partial charge in [-0.3, -0.25) is 0 Å². The molecule has 1 nitrogen and oxygen atoms in total. The predicted molar refractivity (Wildman–Crippen MR) is 80.5 cm³/mol. The first-order valence-corrected chi connectivity index (χ1v) is 7.01. The average Bonchev–Trinajstić information content (AvgIpc) is 2.43. The van der Waals surface area contributed by atoms with Gasteiger partial charge in [0.1, 0.15) is 5.75 Å². The van der Waals surface area contributed by atoms with Gasteiger partial charge >= 0.3 is 0 Å². The third kappa shape index (κ3) is 4.03. The molecule has 0 amide bonds. The maximum Gasteiger partial charge on any atom is 0.162 e. The number of hydrogen-bond donors (Lipinski definition) is 0. The summed E-state index contributed by atoms with van der Waals surface area (Å²) < 4.78 is 31.8. The second-order valence-electron chi connectivity index (χ2n) is 6.22. The van der Waals surface area contributed by atoms with E-state index < -0.39 is 11.6 Å². The van der Waals surface area contributed by atoms with Crippen molar-refractivity contribution in [3.8, 4) is 5.75 Å². The number of halogens is 2. The normalized spacial score (nSPS) is 13.0. The van der Waals surface area contributed by atoms with Gasteiger partial charge in [0.05, 0.1) is 6.61 Å². The highest BCUT2D eigenvalue weighted by Crippen LogP contribution is 2.35. The molecule has 0 bridgehead atoms. The molecule has 1 unspecified atom stereocenters. The Kier molecular flexibility index (Phi) is 4.61. The highest BCUT2D eigenvalue weighted by atomic mass is 19.2. The SMILES string of the molecule is CC(C)(C)C(COc1ccc(F)c(F)c1)c1ccccc1. The van der Waals surface area contributed by atoms with Crippen LogP contribution < -0.4 is 4.74 Å². The minimum absolute atomic E-state index is 0.0000711. The van der Waals surface area contributed by atoms with Gasteiger partial charge in [-0.25, -0.2) is 8.78 Å². The van der Waals surface area contributed by atoms with E-state index in [9.17, 15) is 8.78 Å². The van der Waals surface area contributed by atoms with Crippen molar-refractivity contribution < 1.29 is 13.5 Å². The first-order chi connectivity index (χ1) is 9.88. The lowest BCUT2D eigenvalue weighted by molar-refractivity contribution is 0.202. The molecule has 0 N–H and O–H groups in total. The molecule has 0 saturated heterocycles. The summed E-state index contributed by atoms with van der Waals surface area (Å²) in [6.07, 6.45) is 0. The topological polar surface area (TPSA) is 9.23 Å². The minimum atomic E-state index is -0.889. The summed E-state index contributed by atoms with van der Waals surface area (Å²) in [5.74, 6) is -1.25. The van der Waals surface area contributed by atoms with E-state index >= 15 is 0 Å². The van der Waals surface area contributed by atoms with Crippen LogP contribution in [0.5, 0.6) is 5.75 Å². The van der Waals surface area contributed by atoms with Crippen molar-refractivity contribution in [3.63, 3.8) is 0 Å². The van der Waals surface area contributed by atoms with Gasteiger partial charge in [-0.15, -0.1) is 0 Å². The Hall–Kier alpha value is -1.90. The zero-order chi connectivity index (χ0) is 15.5. The number of rotatable bonds is 4. The monoisotopic (exact) mass is 290 g/mol. The van der Waals surface area contributed by atoms with Crippen LogP contribution >= 0.6 is 0 Å². The molecule has 3 heteroatoms. The molecule has 0 aromatic heterocycles. The minimum Gasteiger partial charge on any atom is -0.493 e. The van der Waals surface area contributed by atoms with E-state index in [1.54, 1.807) is 0 Å². The molecule has 0 aliphatic carbocycles. The summed E-state index contributed by atoms with van der Waals surface area (Å²) in [5.41, 5.74) is 1.17. The standard InChI is InChI=1S/C18H20F2O/c1-18(2,3)15(13-7-5-4-6-8-13)12-21-14-9-10-16(19)17(20)11-14/h4-11,15H,12H2,1-3H3. The second-order valence-corrected chi connectivity index (χ2v) is 6.22. The molecular weight excluding hydrogens is 270 g/mol. The Morgan fingerprint density at radius 2 is 1.62 bits per heavy atom. The summed E-state index contributed by atoms with van der Waals surface area (Å²) in [5, 5.41) is 0. The van der Waals surface area contributed by atoms with Crippen LogP contribution in [0.4, 0.5) is 8.78 Å². The molecule has 112 valence electrons. The molecule has 1 atom stereocenters. The van der Waals surface area contributed by atoms with Gasteiger partial charge in [0.15, 0.2) is 11.6 Å². The van der Waals surface area contributed by atoms with Crippen LogP contribution in [0.2, 0.25) is 0 Å². The van der Waals surface area contributed by atoms with Gasteiger partial charge in [0.25, 0.3) is 0 Å². The molecule has 21 heavy (non-hydrogen) atoms. The maximum atomic E-state index is 13.2. The predicted octanol–water partition coefficient (Wildman–Crippen LogP) is 5.17. The Bertz CT molecular complexity index is 588. The van der Waals surface area contributed by atoms with Gasteiger partial charge in [0, 0.05) is 12.0 Å². The molecule has 2 rings (SSSR count). The Morgan fingerprint density at radius 3 is 2.19 bits per heavy atom. The van der Waals surface area contributed by atoms with E-state index in [-0.39, 0.29) is 11.3 Å². The summed E-state index contributed by atoms with van der Waals surface area (Å²) in [6.45, 7) is 6.83. The maximum absolute atomic E-state index is 13.2. The molecule has 0 aliphatic heterocycles. The first kappa shape index (κ1) is 15.5. The summed E-state index contributed by atoms with van der Waals surface area (Å²) in [7, 11) is 0. The fourth-order valence-electron chi connectivity index (χ4n) is 2.28. The zero-order valence-corrected chi connectivity index (χ0v) is 12.6. The quantitative estimate of drug-likeness (QED) is 0.754. The van der Waals surface area contributed by atoms with Crippen molar-refractivity contribution in [2.45, 2.75) is 26.7 Å². The summed E-state index contributed by atoms with van der Waals surface area (Å²) in [6, 6.07) is 13.7. The molecule has 2 aromatic rings. The molecule has 0 saturated carbocycles. The van der Waals surface area contributed by atoms with Crippen molar-refractivity contribution in [2.24, 2.45) is 5.41 Å². The van der Waals surface area contributed by atoms with Crippen LogP contribution in [0.1, 0.15) is 32.3 Å². The van der Waals surface area contributed by atoms with E-state index in [0.29, 0.717) is 12.4 Å². The first-order valence-electron chi connectivity index (χ1n) is 7.01. The van der Waals surface area contributed by atoms with Gasteiger partial charge in [-0.05, 0) is 23.1 Å². The molecule has 0 radical (unpaired) electrons. The molecule has 0 heterocycles. The van der Waals surface area contributed by atoms with Gasteiger partial charge in [-0.2, -0.15) is 0 Å². The van der Waals surface area contributed by atoms with Gasteiger partial charge < -0.3 is 4.74 Å². The lowest BCUT2D eigenvalue weighted by Crippen LogP contribution is -2.24. The van der Waals surface area contributed by atoms with E-state index in [4.69, 9.17) is 4.74 Å². The molecular formula is C18H20F2O. The Morgan fingerprint density at radius 1 is 0.952 bits per heavy atom. The molecule has 0 aliphatic rings. The van der Waals surface area contributed by atoms with Crippen LogP contribution in [-0.4, -0.2) is 6.61 Å².